The molecular weight excluding hydrogens is 500 g/mol. The van der Waals surface area contributed by atoms with Crippen LogP contribution in [0.25, 0.3) is 5.69 Å². The molecule has 1 fully saturated rings. The minimum Gasteiger partial charge on any atom is -0.341 e. The van der Waals surface area contributed by atoms with Crippen LogP contribution in [0.5, 0.6) is 0 Å². The van der Waals surface area contributed by atoms with Crippen molar-refractivity contribution in [3.05, 3.63) is 62.9 Å². The van der Waals surface area contributed by atoms with Crippen molar-refractivity contribution in [3.8, 4) is 5.69 Å². The molecule has 0 saturated carbocycles. The number of hydrogen-bond donors (Lipinski definition) is 0. The molecule has 1 saturated heterocycles. The van der Waals surface area contributed by atoms with Crippen LogP contribution in [-0.4, -0.2) is 51.9 Å². The van der Waals surface area contributed by atoms with Gasteiger partial charge in [0.05, 0.1) is 22.4 Å². The maximum absolute atomic E-state index is 13.6. The van der Waals surface area contributed by atoms with Gasteiger partial charge in [-0.2, -0.15) is 16.4 Å². The minimum absolute atomic E-state index is 0.0125. The molecule has 2 amide bonds. The Morgan fingerprint density at radius 3 is 2.63 bits per heavy atom. The van der Waals surface area contributed by atoms with Crippen LogP contribution in [0.15, 0.2) is 41.1 Å². The summed E-state index contributed by atoms with van der Waals surface area (Å²) in [6.07, 6.45) is 2.02. The van der Waals surface area contributed by atoms with Crippen LogP contribution in [0, 0.1) is 0 Å². The fraction of sp³-hybridized carbons (Fsp3) is 0.423. The van der Waals surface area contributed by atoms with Gasteiger partial charge < -0.3 is 4.90 Å². The molecule has 2 aliphatic heterocycles. The minimum atomic E-state index is -0.277. The molecule has 6 nitrogen and oxygen atoms in total. The number of nitrogens with zero attached hydrogens (tertiary/aromatic N) is 4. The predicted molar refractivity (Wildman–Crippen MR) is 144 cm³/mol. The van der Waals surface area contributed by atoms with Crippen LogP contribution in [-0.2, 0) is 15.0 Å². The molecule has 0 aliphatic carbocycles. The van der Waals surface area contributed by atoms with E-state index in [-0.39, 0.29) is 29.0 Å². The molecule has 1 unspecified atom stereocenters. The van der Waals surface area contributed by atoms with Gasteiger partial charge in [0.1, 0.15) is 12.4 Å². The number of halogens is 1. The first-order valence-electron chi connectivity index (χ1n) is 11.8. The molecule has 9 heteroatoms. The average molecular weight is 529 g/mol. The number of likely N-dealkylation sites (tertiary alicyclic amines) is 1. The number of rotatable bonds is 4. The van der Waals surface area contributed by atoms with E-state index in [1.165, 1.54) is 0 Å². The molecule has 0 spiro atoms. The average Bonchev–Trinajstić information content (AvgIpc) is 3.57. The molecule has 0 radical (unpaired) electrons. The summed E-state index contributed by atoms with van der Waals surface area (Å²) in [4.78, 5) is 30.4. The van der Waals surface area contributed by atoms with Gasteiger partial charge >= 0.3 is 0 Å². The van der Waals surface area contributed by atoms with Gasteiger partial charge in [-0.15, -0.1) is 11.8 Å². The van der Waals surface area contributed by atoms with E-state index in [1.54, 1.807) is 28.0 Å². The van der Waals surface area contributed by atoms with Crippen LogP contribution < -0.4 is 4.90 Å². The number of anilines is 1. The Labute approximate surface area is 219 Å². The molecule has 1 aromatic carbocycles. The van der Waals surface area contributed by atoms with Crippen molar-refractivity contribution in [3.63, 3.8) is 0 Å². The second-order valence-corrected chi connectivity index (χ2v) is 12.4. The van der Waals surface area contributed by atoms with E-state index in [0.717, 1.165) is 48.4 Å². The van der Waals surface area contributed by atoms with E-state index in [9.17, 15) is 9.59 Å². The molecule has 5 rings (SSSR count). The van der Waals surface area contributed by atoms with Crippen molar-refractivity contribution in [2.45, 2.75) is 44.3 Å². The van der Waals surface area contributed by atoms with Gasteiger partial charge in [0.15, 0.2) is 0 Å². The summed E-state index contributed by atoms with van der Waals surface area (Å²) in [7, 11) is 0. The first-order valence-corrected chi connectivity index (χ1v) is 14.2. The smallest absolute Gasteiger partial charge is 0.242 e. The number of thioether (sulfide) groups is 1. The fourth-order valence-electron chi connectivity index (χ4n) is 4.75. The summed E-state index contributed by atoms with van der Waals surface area (Å²) in [5, 5.41) is 9.83. The van der Waals surface area contributed by atoms with Crippen LogP contribution >= 0.6 is 34.7 Å². The highest BCUT2D eigenvalue weighted by atomic mass is 35.5. The largest absolute Gasteiger partial charge is 0.341 e. The molecular formula is C26H29ClN4O2S2. The van der Waals surface area contributed by atoms with Gasteiger partial charge in [-0.3, -0.25) is 14.5 Å². The van der Waals surface area contributed by atoms with Crippen molar-refractivity contribution >= 4 is 52.3 Å². The number of amides is 2. The number of benzene rings is 1. The van der Waals surface area contributed by atoms with Crippen LogP contribution in [0.2, 0.25) is 5.02 Å². The molecule has 0 N–H and O–H groups in total. The lowest BCUT2D eigenvalue weighted by molar-refractivity contribution is -0.130. The monoisotopic (exact) mass is 528 g/mol. The lowest BCUT2D eigenvalue weighted by Crippen LogP contribution is -2.43. The van der Waals surface area contributed by atoms with Gasteiger partial charge in [-0.1, -0.05) is 38.4 Å². The van der Waals surface area contributed by atoms with Gasteiger partial charge in [0.25, 0.3) is 0 Å². The Morgan fingerprint density at radius 2 is 1.97 bits per heavy atom. The van der Waals surface area contributed by atoms with Crippen LogP contribution in [0.3, 0.4) is 0 Å². The second kappa shape index (κ2) is 9.64. The number of carbonyl (C=O) groups excluding carboxylic acids is 2. The molecule has 2 aromatic heterocycles. The molecule has 35 heavy (non-hydrogen) atoms. The molecule has 3 aromatic rings. The highest BCUT2D eigenvalue weighted by Crippen LogP contribution is 2.48. The zero-order valence-corrected chi connectivity index (χ0v) is 22.6. The zero-order valence-electron chi connectivity index (χ0n) is 20.2. The highest BCUT2D eigenvalue weighted by molar-refractivity contribution is 8.00. The molecule has 1 atom stereocenters. The van der Waals surface area contributed by atoms with Crippen LogP contribution in [0.4, 0.5) is 5.82 Å². The topological polar surface area (TPSA) is 58.4 Å². The molecule has 2 aliphatic rings. The van der Waals surface area contributed by atoms with Gasteiger partial charge in [0.2, 0.25) is 11.8 Å². The summed E-state index contributed by atoms with van der Waals surface area (Å²) < 4.78 is 1.82. The summed E-state index contributed by atoms with van der Waals surface area (Å²) in [5.41, 5.74) is 3.57. The number of carbonyl (C=O) groups is 2. The van der Waals surface area contributed by atoms with Crippen molar-refractivity contribution in [1.29, 1.82) is 0 Å². The number of thiophene rings is 1. The van der Waals surface area contributed by atoms with Gasteiger partial charge in [0, 0.05) is 29.1 Å². The Bertz CT molecular complexity index is 1240. The third-order valence-electron chi connectivity index (χ3n) is 6.45. The van der Waals surface area contributed by atoms with Crippen molar-refractivity contribution in [2.75, 3.05) is 30.3 Å². The SMILES string of the molecule is CC(C)(C)c1nn(-c2cccc(Cl)c2)c2c1C(c1ccsc1)SCC(=O)N2CC(=O)N1CCCC1. The first-order chi connectivity index (χ1) is 16.7. The Kier molecular flexibility index (Phi) is 6.72. The second-order valence-electron chi connectivity index (χ2n) is 10.0. The lowest BCUT2D eigenvalue weighted by atomic mass is 9.87. The Morgan fingerprint density at radius 1 is 1.20 bits per heavy atom. The fourth-order valence-corrected chi connectivity index (χ4v) is 6.89. The lowest BCUT2D eigenvalue weighted by Gasteiger charge is -2.26. The van der Waals surface area contributed by atoms with Crippen molar-refractivity contribution < 1.29 is 9.59 Å². The summed E-state index contributed by atoms with van der Waals surface area (Å²) in [5.74, 6) is 0.875. The van der Waals surface area contributed by atoms with E-state index >= 15 is 0 Å². The summed E-state index contributed by atoms with van der Waals surface area (Å²) in [6.45, 7) is 7.93. The van der Waals surface area contributed by atoms with Crippen molar-refractivity contribution in [1.82, 2.24) is 14.7 Å². The zero-order chi connectivity index (χ0) is 24.7. The number of aromatic nitrogens is 2. The third kappa shape index (κ3) is 4.76. The Balaban J connectivity index is 1.74. The molecule has 184 valence electrons. The standard InChI is InChI=1S/C26H29ClN4O2S2/c1-26(2,3)24-22-23(17-9-12-34-15-17)35-16-21(33)30(14-20(32)29-10-4-5-11-29)25(22)31(28-24)19-8-6-7-18(27)13-19/h6-9,12-13,15,23H,4-5,10-11,14,16H2,1-3H3. The molecule has 0 bridgehead atoms. The van der Waals surface area contributed by atoms with Crippen molar-refractivity contribution in [2.24, 2.45) is 0 Å². The summed E-state index contributed by atoms with van der Waals surface area (Å²) in [6, 6.07) is 9.61. The Hall–Kier alpha value is -2.29. The van der Waals surface area contributed by atoms with E-state index in [0.29, 0.717) is 16.6 Å². The maximum atomic E-state index is 13.6. The van der Waals surface area contributed by atoms with E-state index < -0.39 is 0 Å². The normalized spacial score (nSPS) is 18.6. The van der Waals surface area contributed by atoms with E-state index in [4.69, 9.17) is 16.7 Å². The maximum Gasteiger partial charge on any atom is 0.242 e. The number of hydrogen-bond acceptors (Lipinski definition) is 5. The quantitative estimate of drug-likeness (QED) is 0.437. The van der Waals surface area contributed by atoms with E-state index in [2.05, 4.69) is 37.6 Å². The van der Waals surface area contributed by atoms with Crippen LogP contribution in [0.1, 0.15) is 55.7 Å². The predicted octanol–water partition coefficient (Wildman–Crippen LogP) is 5.68. The third-order valence-corrected chi connectivity index (χ3v) is 8.64. The highest BCUT2D eigenvalue weighted by Gasteiger charge is 2.40. The summed E-state index contributed by atoms with van der Waals surface area (Å²) >= 11 is 9.62. The van der Waals surface area contributed by atoms with Gasteiger partial charge in [-0.05, 0) is 53.4 Å². The van der Waals surface area contributed by atoms with E-state index in [1.807, 2.05) is 33.8 Å². The first kappa shape index (κ1) is 24.4. The number of fused-ring (bicyclic) bond motifs is 1. The molecule has 4 heterocycles. The van der Waals surface area contributed by atoms with Gasteiger partial charge in [-0.25, -0.2) is 4.68 Å².